The van der Waals surface area contributed by atoms with E-state index in [1.165, 1.54) is 0 Å². The smallest absolute Gasteiger partial charge is 0.255 e. The summed E-state index contributed by atoms with van der Waals surface area (Å²) in [5.74, 6) is -0.0166. The fourth-order valence-electron chi connectivity index (χ4n) is 3.39. The first kappa shape index (κ1) is 22.1. The molecule has 0 unspecified atom stereocenters. The molecule has 31 heavy (non-hydrogen) atoms. The van der Waals surface area contributed by atoms with Crippen LogP contribution in [0.1, 0.15) is 52.0 Å². The number of rotatable bonds is 10. The molecule has 5 heteroatoms. The van der Waals surface area contributed by atoms with E-state index in [1.54, 1.807) is 24.3 Å². The lowest BCUT2D eigenvalue weighted by Gasteiger charge is -2.10. The average molecular weight is 417 g/mol. The average Bonchev–Trinajstić information content (AvgIpc) is 2.80. The Morgan fingerprint density at radius 2 is 1.39 bits per heavy atom. The van der Waals surface area contributed by atoms with Gasteiger partial charge in [0.05, 0.1) is 0 Å². The van der Waals surface area contributed by atoms with Crippen LogP contribution >= 0.6 is 0 Å². The molecule has 0 radical (unpaired) electrons. The molecule has 0 spiro atoms. The zero-order valence-electron chi connectivity index (χ0n) is 17.5. The number of amides is 2. The Hall–Kier alpha value is -3.60. The molecule has 3 N–H and O–H groups in total. The highest BCUT2D eigenvalue weighted by Gasteiger charge is 2.11. The van der Waals surface area contributed by atoms with Crippen LogP contribution in [-0.4, -0.2) is 23.5 Å². The van der Waals surface area contributed by atoms with Crippen LogP contribution in [0.2, 0.25) is 0 Å². The van der Waals surface area contributed by atoms with Crippen LogP contribution in [0.4, 0.5) is 5.69 Å². The van der Waals surface area contributed by atoms with E-state index in [2.05, 4.69) is 10.6 Å². The van der Waals surface area contributed by atoms with E-state index < -0.39 is 0 Å². The lowest BCUT2D eigenvalue weighted by molar-refractivity contribution is 0.0952. The molecule has 3 aromatic carbocycles. The molecule has 3 rings (SSSR count). The van der Waals surface area contributed by atoms with Crippen molar-refractivity contribution in [1.29, 1.82) is 0 Å². The van der Waals surface area contributed by atoms with Crippen molar-refractivity contribution in [2.24, 2.45) is 0 Å². The quantitative estimate of drug-likeness (QED) is 0.315. The molecule has 0 aromatic heterocycles. The van der Waals surface area contributed by atoms with Gasteiger partial charge in [-0.25, -0.2) is 0 Å². The van der Waals surface area contributed by atoms with Gasteiger partial charge in [0.15, 0.2) is 0 Å². The summed E-state index contributed by atoms with van der Waals surface area (Å²) in [4.78, 5) is 24.7. The second-order valence-electron chi connectivity index (χ2n) is 7.44. The van der Waals surface area contributed by atoms with E-state index in [-0.39, 0.29) is 17.6 Å². The van der Waals surface area contributed by atoms with Gasteiger partial charge in [-0.1, -0.05) is 49.2 Å². The van der Waals surface area contributed by atoms with Gasteiger partial charge >= 0.3 is 0 Å². The molecule has 0 saturated heterocycles. The van der Waals surface area contributed by atoms with Crippen molar-refractivity contribution >= 4 is 17.5 Å². The number of anilines is 1. The first-order valence-corrected chi connectivity index (χ1v) is 10.6. The maximum Gasteiger partial charge on any atom is 0.255 e. The van der Waals surface area contributed by atoms with Crippen molar-refractivity contribution in [1.82, 2.24) is 5.32 Å². The number of carbonyl (C=O) groups is 2. The Balaban J connectivity index is 1.39. The number of unbranched alkanes of at least 4 members (excludes halogenated alkanes) is 3. The van der Waals surface area contributed by atoms with Gasteiger partial charge in [0.25, 0.3) is 11.8 Å². The summed E-state index contributed by atoms with van der Waals surface area (Å²) in [5.41, 5.74) is 3.03. The van der Waals surface area contributed by atoms with Crippen molar-refractivity contribution < 1.29 is 14.7 Å². The molecule has 0 saturated carbocycles. The molecule has 5 nitrogen and oxygen atoms in total. The van der Waals surface area contributed by atoms with Crippen LogP contribution in [0.5, 0.6) is 5.75 Å². The second-order valence-corrected chi connectivity index (χ2v) is 7.44. The largest absolute Gasteiger partial charge is 0.508 e. The highest BCUT2D eigenvalue weighted by molar-refractivity contribution is 6.05. The number of phenolic OH excluding ortho intramolecular Hbond substituents is 1. The lowest BCUT2D eigenvalue weighted by Crippen LogP contribution is -2.24. The number of aryl methyl sites for hydroxylation is 1. The van der Waals surface area contributed by atoms with Crippen LogP contribution in [0.3, 0.4) is 0 Å². The van der Waals surface area contributed by atoms with E-state index in [0.717, 1.165) is 37.7 Å². The third-order valence-electron chi connectivity index (χ3n) is 5.08. The van der Waals surface area contributed by atoms with Gasteiger partial charge in [-0.05, 0) is 67.3 Å². The molecule has 160 valence electrons. The predicted molar refractivity (Wildman–Crippen MR) is 123 cm³/mol. The molecular weight excluding hydrogens is 388 g/mol. The summed E-state index contributed by atoms with van der Waals surface area (Å²) in [6.45, 7) is 0.666. The summed E-state index contributed by atoms with van der Waals surface area (Å²) >= 11 is 0. The summed E-state index contributed by atoms with van der Waals surface area (Å²) in [5, 5.41) is 15.2. The Bertz CT molecular complexity index is 985. The van der Waals surface area contributed by atoms with E-state index in [1.807, 2.05) is 54.6 Å². The molecule has 0 heterocycles. The van der Waals surface area contributed by atoms with Crippen LogP contribution in [0, 0.1) is 0 Å². The summed E-state index contributed by atoms with van der Waals surface area (Å²) < 4.78 is 0. The monoisotopic (exact) mass is 416 g/mol. The molecule has 0 atom stereocenters. The van der Waals surface area contributed by atoms with Gasteiger partial charge in [-0.2, -0.15) is 0 Å². The fraction of sp³-hybridized carbons (Fsp3) is 0.231. The summed E-state index contributed by atoms with van der Waals surface area (Å²) in [6, 6.07) is 23.3. The minimum absolute atomic E-state index is 0.0332. The SMILES string of the molecule is O=C(NCCCCCCc1ccccc1C(=O)Nc1ccc(O)cc1)c1ccccc1. The Morgan fingerprint density at radius 1 is 0.710 bits per heavy atom. The molecule has 0 aliphatic heterocycles. The van der Waals surface area contributed by atoms with Gasteiger partial charge < -0.3 is 15.7 Å². The minimum Gasteiger partial charge on any atom is -0.508 e. The first-order chi connectivity index (χ1) is 15.1. The van der Waals surface area contributed by atoms with Crippen LogP contribution < -0.4 is 10.6 Å². The molecule has 0 bridgehead atoms. The standard InChI is InChI=1S/C26H28N2O3/c29-23-17-15-22(16-18-23)28-26(31)24-14-8-7-11-20(24)10-4-1-2-9-19-27-25(30)21-12-5-3-6-13-21/h3,5-8,11-18,29H,1-2,4,9-10,19H2,(H,27,30)(H,28,31). The van der Waals surface area contributed by atoms with E-state index in [4.69, 9.17) is 0 Å². The maximum atomic E-state index is 12.7. The number of hydrogen-bond acceptors (Lipinski definition) is 3. The first-order valence-electron chi connectivity index (χ1n) is 10.6. The Kier molecular flexibility index (Phi) is 8.23. The number of benzene rings is 3. The number of aromatic hydroxyl groups is 1. The van der Waals surface area contributed by atoms with Crippen LogP contribution in [0.25, 0.3) is 0 Å². The fourth-order valence-corrected chi connectivity index (χ4v) is 3.39. The van der Waals surface area contributed by atoms with Gasteiger partial charge in [0, 0.05) is 23.4 Å². The third-order valence-corrected chi connectivity index (χ3v) is 5.08. The number of phenols is 1. The predicted octanol–water partition coefficient (Wildman–Crippen LogP) is 5.18. The normalized spacial score (nSPS) is 10.5. The van der Waals surface area contributed by atoms with Gasteiger partial charge in [-0.3, -0.25) is 9.59 Å². The van der Waals surface area contributed by atoms with E-state index in [9.17, 15) is 14.7 Å². The number of nitrogens with one attached hydrogen (secondary N) is 2. The summed E-state index contributed by atoms with van der Waals surface area (Å²) in [7, 11) is 0. The van der Waals surface area contributed by atoms with Crippen LogP contribution in [0.15, 0.2) is 78.9 Å². The molecule has 0 aliphatic rings. The van der Waals surface area contributed by atoms with Gasteiger partial charge in [0.2, 0.25) is 0 Å². The van der Waals surface area contributed by atoms with Crippen molar-refractivity contribution in [3.8, 4) is 5.75 Å². The highest BCUT2D eigenvalue weighted by Crippen LogP contribution is 2.18. The van der Waals surface area contributed by atoms with Crippen molar-refractivity contribution in [3.05, 3.63) is 95.6 Å². The molecule has 0 aliphatic carbocycles. The molecule has 3 aromatic rings. The maximum absolute atomic E-state index is 12.7. The zero-order valence-corrected chi connectivity index (χ0v) is 17.5. The van der Waals surface area contributed by atoms with Crippen molar-refractivity contribution in [2.75, 3.05) is 11.9 Å². The van der Waals surface area contributed by atoms with E-state index >= 15 is 0 Å². The van der Waals surface area contributed by atoms with Crippen molar-refractivity contribution in [2.45, 2.75) is 32.1 Å². The highest BCUT2D eigenvalue weighted by atomic mass is 16.3. The zero-order chi connectivity index (χ0) is 21.9. The Morgan fingerprint density at radius 3 is 2.16 bits per heavy atom. The Labute approximate surface area is 183 Å². The topological polar surface area (TPSA) is 78.4 Å². The number of carbonyl (C=O) groups excluding carboxylic acids is 2. The minimum atomic E-state index is -0.148. The van der Waals surface area contributed by atoms with Crippen LogP contribution in [-0.2, 0) is 6.42 Å². The van der Waals surface area contributed by atoms with Gasteiger partial charge in [0.1, 0.15) is 5.75 Å². The number of hydrogen-bond donors (Lipinski definition) is 3. The molecule has 0 fully saturated rings. The molecular formula is C26H28N2O3. The lowest BCUT2D eigenvalue weighted by atomic mass is 10.00. The van der Waals surface area contributed by atoms with Gasteiger partial charge in [-0.15, -0.1) is 0 Å². The summed E-state index contributed by atoms with van der Waals surface area (Å²) in [6.07, 6.45) is 4.80. The third kappa shape index (κ3) is 7.00. The van der Waals surface area contributed by atoms with Crippen molar-refractivity contribution in [3.63, 3.8) is 0 Å². The molecule has 2 amide bonds. The van der Waals surface area contributed by atoms with E-state index in [0.29, 0.717) is 23.4 Å². The second kappa shape index (κ2) is 11.6.